The first-order valence-corrected chi connectivity index (χ1v) is 16.0. The van der Waals surface area contributed by atoms with Crippen LogP contribution in [0.5, 0.6) is 11.5 Å². The second-order valence-corrected chi connectivity index (χ2v) is 12.6. The van der Waals surface area contributed by atoms with Crippen LogP contribution < -0.4 is 13.8 Å². The van der Waals surface area contributed by atoms with Crippen LogP contribution in [0.4, 0.5) is 5.69 Å². The standard InChI is InChI=1S/C33H35N3O5S/c1-42(38,39)36-16-7-18-41-33-15-12-25(20-31(33)36)32(37)23-35(22-24-8-3-2-4-9-24)17-19-40-26-13-14-28-27-10-5-6-11-29(27)34-30(28)21-26/h2-6,8-15,20-21,32,34,37H,7,16-19,22-23H2,1H3. The molecule has 2 heterocycles. The fraction of sp³-hybridized carbons (Fsp3) is 0.273. The molecule has 9 heteroatoms. The van der Waals surface area contributed by atoms with Crippen LogP contribution in [0.3, 0.4) is 0 Å². The minimum absolute atomic E-state index is 0.340. The minimum atomic E-state index is -3.49. The van der Waals surface area contributed by atoms with Crippen LogP contribution in [0.2, 0.25) is 0 Å². The van der Waals surface area contributed by atoms with E-state index in [9.17, 15) is 13.5 Å². The van der Waals surface area contributed by atoms with Crippen molar-refractivity contribution >= 4 is 37.5 Å². The number of anilines is 1. The zero-order valence-corrected chi connectivity index (χ0v) is 24.4. The molecule has 0 aliphatic carbocycles. The van der Waals surface area contributed by atoms with Gasteiger partial charge in [-0.25, -0.2) is 8.42 Å². The maximum Gasteiger partial charge on any atom is 0.232 e. The number of nitrogens with one attached hydrogen (secondary N) is 1. The summed E-state index contributed by atoms with van der Waals surface area (Å²) in [5.41, 5.74) is 4.35. The summed E-state index contributed by atoms with van der Waals surface area (Å²) in [5.74, 6) is 1.29. The Morgan fingerprint density at radius 3 is 2.60 bits per heavy atom. The summed E-state index contributed by atoms with van der Waals surface area (Å²) >= 11 is 0. The largest absolute Gasteiger partial charge is 0.492 e. The third-order valence-electron chi connectivity index (χ3n) is 7.63. The Hall–Kier alpha value is -4.05. The molecule has 0 saturated carbocycles. The summed E-state index contributed by atoms with van der Waals surface area (Å²) in [7, 11) is -3.49. The molecule has 2 N–H and O–H groups in total. The number of hydrogen-bond acceptors (Lipinski definition) is 6. The third kappa shape index (κ3) is 6.23. The number of aromatic nitrogens is 1. The van der Waals surface area contributed by atoms with E-state index < -0.39 is 16.1 Å². The van der Waals surface area contributed by atoms with Crippen molar-refractivity contribution in [3.63, 3.8) is 0 Å². The molecule has 42 heavy (non-hydrogen) atoms. The van der Waals surface area contributed by atoms with Crippen LogP contribution in [-0.4, -0.2) is 62.5 Å². The van der Waals surface area contributed by atoms with E-state index in [1.807, 2.05) is 48.5 Å². The maximum atomic E-state index is 12.5. The van der Waals surface area contributed by atoms with Gasteiger partial charge in [0.2, 0.25) is 10.0 Å². The Morgan fingerprint density at radius 1 is 0.976 bits per heavy atom. The lowest BCUT2D eigenvalue weighted by Gasteiger charge is -2.27. The van der Waals surface area contributed by atoms with Crippen molar-refractivity contribution in [3.8, 4) is 11.5 Å². The number of aromatic amines is 1. The minimum Gasteiger partial charge on any atom is -0.492 e. The van der Waals surface area contributed by atoms with Gasteiger partial charge in [0.15, 0.2) is 0 Å². The van der Waals surface area contributed by atoms with Crippen molar-refractivity contribution < 1.29 is 23.0 Å². The van der Waals surface area contributed by atoms with Crippen molar-refractivity contribution in [2.24, 2.45) is 0 Å². The van der Waals surface area contributed by atoms with E-state index in [2.05, 4.69) is 40.2 Å². The van der Waals surface area contributed by atoms with Gasteiger partial charge in [-0.2, -0.15) is 0 Å². The van der Waals surface area contributed by atoms with Gasteiger partial charge < -0.3 is 19.6 Å². The molecule has 1 atom stereocenters. The number of aliphatic hydroxyl groups excluding tert-OH is 1. The van der Waals surface area contributed by atoms with E-state index in [0.29, 0.717) is 62.8 Å². The van der Waals surface area contributed by atoms with Crippen LogP contribution in [0.1, 0.15) is 23.7 Å². The molecular weight excluding hydrogens is 550 g/mol. The monoisotopic (exact) mass is 585 g/mol. The van der Waals surface area contributed by atoms with Crippen LogP contribution in [-0.2, 0) is 16.6 Å². The lowest BCUT2D eigenvalue weighted by Crippen LogP contribution is -2.32. The number of para-hydroxylation sites is 1. The Bertz CT molecular complexity index is 1790. The molecule has 0 fully saturated rings. The van der Waals surface area contributed by atoms with Gasteiger partial charge in [-0.05, 0) is 41.5 Å². The zero-order chi connectivity index (χ0) is 29.1. The number of benzene rings is 4. The van der Waals surface area contributed by atoms with E-state index in [-0.39, 0.29) is 0 Å². The van der Waals surface area contributed by atoms with Gasteiger partial charge in [-0.15, -0.1) is 0 Å². The number of hydrogen-bond donors (Lipinski definition) is 2. The van der Waals surface area contributed by atoms with Gasteiger partial charge >= 0.3 is 0 Å². The summed E-state index contributed by atoms with van der Waals surface area (Å²) in [6.07, 6.45) is 0.951. The second-order valence-electron chi connectivity index (χ2n) is 10.7. The molecule has 1 aliphatic rings. The summed E-state index contributed by atoms with van der Waals surface area (Å²) in [6.45, 7) is 2.78. The number of nitrogens with zero attached hydrogens (tertiary/aromatic N) is 2. The topological polar surface area (TPSA) is 95.1 Å². The highest BCUT2D eigenvalue weighted by Gasteiger charge is 2.25. The molecule has 8 nitrogen and oxygen atoms in total. The second kappa shape index (κ2) is 12.1. The number of fused-ring (bicyclic) bond motifs is 4. The summed E-state index contributed by atoms with van der Waals surface area (Å²) in [4.78, 5) is 5.61. The van der Waals surface area contributed by atoms with Gasteiger partial charge in [-0.1, -0.05) is 54.6 Å². The number of ether oxygens (including phenoxy) is 2. The molecule has 0 saturated heterocycles. The van der Waals surface area contributed by atoms with Crippen molar-refractivity contribution in [2.75, 3.05) is 43.4 Å². The molecule has 1 unspecified atom stereocenters. The predicted octanol–water partition coefficient (Wildman–Crippen LogP) is 5.48. The predicted molar refractivity (Wildman–Crippen MR) is 167 cm³/mol. The quantitative estimate of drug-likeness (QED) is 0.225. The van der Waals surface area contributed by atoms with Gasteiger partial charge in [0, 0.05) is 55.0 Å². The summed E-state index contributed by atoms with van der Waals surface area (Å²) in [6, 6.07) is 29.7. The number of aliphatic hydroxyl groups is 1. The van der Waals surface area contributed by atoms with Gasteiger partial charge in [0.05, 0.1) is 30.2 Å². The third-order valence-corrected chi connectivity index (χ3v) is 8.81. The first-order chi connectivity index (χ1) is 20.3. The summed E-state index contributed by atoms with van der Waals surface area (Å²) < 4.78 is 38.3. The molecule has 1 aromatic heterocycles. The highest BCUT2D eigenvalue weighted by Crippen LogP contribution is 2.35. The first kappa shape index (κ1) is 28.1. The van der Waals surface area contributed by atoms with E-state index in [0.717, 1.165) is 27.7 Å². The molecule has 0 bridgehead atoms. The molecule has 5 aromatic rings. The Kier molecular flexibility index (Phi) is 8.06. The smallest absolute Gasteiger partial charge is 0.232 e. The van der Waals surface area contributed by atoms with Gasteiger partial charge in [0.1, 0.15) is 18.1 Å². The van der Waals surface area contributed by atoms with E-state index in [1.165, 1.54) is 15.9 Å². The van der Waals surface area contributed by atoms with Crippen LogP contribution >= 0.6 is 0 Å². The van der Waals surface area contributed by atoms with Crippen LogP contribution in [0.15, 0.2) is 91.0 Å². The van der Waals surface area contributed by atoms with Crippen LogP contribution in [0, 0.1) is 0 Å². The lowest BCUT2D eigenvalue weighted by atomic mass is 10.1. The number of rotatable bonds is 10. The average Bonchev–Trinajstić information content (AvgIpc) is 3.20. The molecule has 0 amide bonds. The molecule has 4 aromatic carbocycles. The molecular formula is C33H35N3O5S. The fourth-order valence-corrected chi connectivity index (χ4v) is 6.52. The number of sulfonamides is 1. The van der Waals surface area contributed by atoms with Crippen molar-refractivity contribution in [2.45, 2.75) is 19.1 Å². The summed E-state index contributed by atoms with van der Waals surface area (Å²) in [5, 5.41) is 13.7. The molecule has 0 spiro atoms. The van der Waals surface area contributed by atoms with Gasteiger partial charge in [0.25, 0.3) is 0 Å². The van der Waals surface area contributed by atoms with Gasteiger partial charge in [-0.3, -0.25) is 9.21 Å². The first-order valence-electron chi connectivity index (χ1n) is 14.2. The highest BCUT2D eigenvalue weighted by atomic mass is 32.2. The lowest BCUT2D eigenvalue weighted by molar-refractivity contribution is 0.0986. The fourth-order valence-electron chi connectivity index (χ4n) is 5.56. The molecule has 218 valence electrons. The Morgan fingerprint density at radius 2 is 1.76 bits per heavy atom. The van der Waals surface area contributed by atoms with E-state index >= 15 is 0 Å². The normalized spacial score (nSPS) is 14.5. The van der Waals surface area contributed by atoms with Crippen molar-refractivity contribution in [1.82, 2.24) is 9.88 Å². The maximum absolute atomic E-state index is 12.5. The Balaban J connectivity index is 1.18. The average molecular weight is 586 g/mol. The number of H-pyrrole nitrogens is 1. The highest BCUT2D eigenvalue weighted by molar-refractivity contribution is 7.92. The SMILES string of the molecule is CS(=O)(=O)N1CCCOc2ccc(C(O)CN(CCOc3ccc4c(c3)[nH]c3ccccc34)Cc3ccccc3)cc21. The van der Waals surface area contributed by atoms with Crippen molar-refractivity contribution in [1.29, 1.82) is 0 Å². The van der Waals surface area contributed by atoms with Crippen molar-refractivity contribution in [3.05, 3.63) is 102 Å². The van der Waals surface area contributed by atoms with Crippen LogP contribution in [0.25, 0.3) is 21.8 Å². The Labute approximate surface area is 246 Å². The molecule has 6 rings (SSSR count). The molecule has 1 aliphatic heterocycles. The molecule has 0 radical (unpaired) electrons. The van der Waals surface area contributed by atoms with E-state index in [4.69, 9.17) is 9.47 Å². The zero-order valence-electron chi connectivity index (χ0n) is 23.6. The van der Waals surface area contributed by atoms with E-state index in [1.54, 1.807) is 12.1 Å².